The summed E-state index contributed by atoms with van der Waals surface area (Å²) in [5.41, 5.74) is -1.99. The van der Waals surface area contributed by atoms with Crippen molar-refractivity contribution < 1.29 is 18.3 Å². The number of H-pyrrole nitrogens is 1. The van der Waals surface area contributed by atoms with Crippen molar-refractivity contribution in [2.24, 2.45) is 5.41 Å². The van der Waals surface area contributed by atoms with Crippen molar-refractivity contribution in [2.45, 2.75) is 44.9 Å². The maximum absolute atomic E-state index is 14.1. The molecule has 162 valence electrons. The number of hydrogen-bond donors (Lipinski definition) is 2. The van der Waals surface area contributed by atoms with E-state index in [0.717, 1.165) is 11.0 Å². The highest BCUT2D eigenvalue weighted by atomic mass is 19.4. The van der Waals surface area contributed by atoms with Crippen LogP contribution in [0.15, 0.2) is 54.3 Å². The molecule has 0 saturated heterocycles. The van der Waals surface area contributed by atoms with Crippen LogP contribution in [-0.4, -0.2) is 40.9 Å². The number of halogens is 3. The Labute approximate surface area is 174 Å². The molecule has 30 heavy (non-hydrogen) atoms. The lowest BCUT2D eigenvalue weighted by atomic mass is 9.72. The average Bonchev–Trinajstić information content (AvgIpc) is 2.82. The first-order valence-electron chi connectivity index (χ1n) is 9.89. The lowest BCUT2D eigenvalue weighted by Gasteiger charge is -2.38. The zero-order valence-corrected chi connectivity index (χ0v) is 17.7. The van der Waals surface area contributed by atoms with Crippen LogP contribution >= 0.6 is 0 Å². The summed E-state index contributed by atoms with van der Waals surface area (Å²) in [5, 5.41) is 11.6. The number of nitrogens with one attached hydrogen (secondary N) is 1. The molecule has 4 nitrogen and oxygen atoms in total. The van der Waals surface area contributed by atoms with E-state index in [2.05, 4.69) is 9.97 Å². The summed E-state index contributed by atoms with van der Waals surface area (Å²) in [5.74, 6) is 0.709. The lowest BCUT2D eigenvalue weighted by molar-refractivity contribution is -0.268. The van der Waals surface area contributed by atoms with E-state index in [-0.39, 0.29) is 0 Å². The molecule has 0 bridgehead atoms. The molecule has 0 radical (unpaired) electrons. The van der Waals surface area contributed by atoms with E-state index in [1.807, 2.05) is 49.4 Å². The van der Waals surface area contributed by atoms with Crippen LogP contribution in [-0.2, 0) is 6.42 Å². The number of nitrogens with zero attached hydrogens (tertiary/aromatic N) is 2. The molecule has 0 aliphatic heterocycles. The molecule has 1 unspecified atom stereocenters. The third-order valence-electron chi connectivity index (χ3n) is 5.53. The second-order valence-electron chi connectivity index (χ2n) is 8.77. The predicted molar refractivity (Wildman–Crippen MR) is 115 cm³/mol. The predicted octanol–water partition coefficient (Wildman–Crippen LogP) is 5.32. The highest BCUT2D eigenvalue weighted by molar-refractivity contribution is 5.82. The van der Waals surface area contributed by atoms with Gasteiger partial charge in [-0.2, -0.15) is 13.2 Å². The summed E-state index contributed by atoms with van der Waals surface area (Å²) in [6.45, 7) is 3.48. The minimum absolute atomic E-state index is 0.324. The maximum Gasteiger partial charge on any atom is 0.417 e. The Kier molecular flexibility index (Phi) is 5.87. The first kappa shape index (κ1) is 22.2. The molecule has 1 atom stereocenters. The van der Waals surface area contributed by atoms with Crippen molar-refractivity contribution in [1.29, 1.82) is 0 Å². The monoisotopic (exact) mass is 419 g/mol. The summed E-state index contributed by atoms with van der Waals surface area (Å²) in [6, 6.07) is 3.46. The molecular weight excluding hydrogens is 391 g/mol. The summed E-state index contributed by atoms with van der Waals surface area (Å²) in [6.07, 6.45) is 5.83. The number of aromatic nitrogens is 2. The SMILES string of the molecule is CN(C)c1cc2cc(CC(O)(CC(C)(C)C3=CCC=CC=C3)C(F)(F)F)[nH]c2cn1. The van der Waals surface area contributed by atoms with Gasteiger partial charge in [-0.25, -0.2) is 4.98 Å². The van der Waals surface area contributed by atoms with Gasteiger partial charge in [-0.3, -0.25) is 0 Å². The Bertz CT molecular complexity index is 999. The van der Waals surface area contributed by atoms with E-state index in [4.69, 9.17) is 0 Å². The van der Waals surface area contributed by atoms with Gasteiger partial charge < -0.3 is 15.0 Å². The van der Waals surface area contributed by atoms with E-state index < -0.39 is 30.0 Å². The Hall–Kier alpha value is -2.54. The van der Waals surface area contributed by atoms with Gasteiger partial charge >= 0.3 is 6.18 Å². The largest absolute Gasteiger partial charge is 0.417 e. The molecular formula is C23H28F3N3O. The third kappa shape index (κ3) is 4.61. The minimum atomic E-state index is -4.78. The Morgan fingerprint density at radius 2 is 1.90 bits per heavy atom. The highest BCUT2D eigenvalue weighted by Gasteiger charge is 2.56. The summed E-state index contributed by atoms with van der Waals surface area (Å²) >= 11 is 0. The van der Waals surface area contributed by atoms with Crippen molar-refractivity contribution >= 4 is 16.7 Å². The molecule has 0 amide bonds. The van der Waals surface area contributed by atoms with Gasteiger partial charge in [0.2, 0.25) is 0 Å². The van der Waals surface area contributed by atoms with E-state index in [1.54, 1.807) is 32.2 Å². The minimum Gasteiger partial charge on any atom is -0.380 e. The number of alkyl halides is 3. The summed E-state index contributed by atoms with van der Waals surface area (Å²) < 4.78 is 42.2. The first-order chi connectivity index (χ1) is 13.9. The molecule has 0 fully saturated rings. The van der Waals surface area contributed by atoms with Crippen LogP contribution < -0.4 is 4.90 Å². The maximum atomic E-state index is 14.1. The number of aromatic amines is 1. The van der Waals surface area contributed by atoms with Crippen molar-refractivity contribution in [3.63, 3.8) is 0 Å². The fraction of sp³-hybridized carbons (Fsp3) is 0.435. The first-order valence-corrected chi connectivity index (χ1v) is 9.89. The standard InChI is InChI=1S/C23H28F3N3O/c1-21(2,17-9-7-5-6-8-10-17)15-22(30,23(24,25)26)13-18-11-16-12-20(29(3)4)27-14-19(16)28-18/h5-7,9-12,14,28,30H,8,13,15H2,1-4H3. The number of fused-ring (bicyclic) bond motifs is 1. The quantitative estimate of drug-likeness (QED) is 0.666. The van der Waals surface area contributed by atoms with Gasteiger partial charge in [-0.05, 0) is 36.0 Å². The van der Waals surface area contributed by atoms with Crippen molar-refractivity contribution in [3.05, 3.63) is 60.0 Å². The highest BCUT2D eigenvalue weighted by Crippen LogP contribution is 2.45. The molecule has 7 heteroatoms. The van der Waals surface area contributed by atoms with E-state index in [1.165, 1.54) is 0 Å². The average molecular weight is 419 g/mol. The Morgan fingerprint density at radius 1 is 1.17 bits per heavy atom. The summed E-state index contributed by atoms with van der Waals surface area (Å²) in [7, 11) is 3.69. The molecule has 0 saturated carbocycles. The van der Waals surface area contributed by atoms with Gasteiger partial charge in [0.1, 0.15) is 5.82 Å². The smallest absolute Gasteiger partial charge is 0.380 e. The number of anilines is 1. The molecule has 2 heterocycles. The fourth-order valence-electron chi connectivity index (χ4n) is 3.91. The van der Waals surface area contributed by atoms with Crippen LogP contribution in [0.5, 0.6) is 0 Å². The number of rotatable bonds is 6. The van der Waals surface area contributed by atoms with Crippen LogP contribution in [0.1, 0.15) is 32.4 Å². The normalized spacial score (nSPS) is 17.0. The molecule has 2 aromatic heterocycles. The second kappa shape index (κ2) is 7.95. The van der Waals surface area contributed by atoms with Gasteiger partial charge in [0, 0.05) is 31.6 Å². The molecule has 0 aromatic carbocycles. The number of allylic oxidation sites excluding steroid dienone is 6. The molecule has 2 aromatic rings. The van der Waals surface area contributed by atoms with E-state index in [0.29, 0.717) is 23.4 Å². The fourth-order valence-corrected chi connectivity index (χ4v) is 3.91. The number of pyridine rings is 1. The molecule has 1 aliphatic carbocycles. The topological polar surface area (TPSA) is 52.1 Å². The lowest BCUT2D eigenvalue weighted by Crippen LogP contribution is -2.50. The van der Waals surface area contributed by atoms with Gasteiger partial charge in [-0.15, -0.1) is 0 Å². The van der Waals surface area contributed by atoms with Gasteiger partial charge in [0.25, 0.3) is 0 Å². The van der Waals surface area contributed by atoms with Crippen LogP contribution in [0.2, 0.25) is 0 Å². The third-order valence-corrected chi connectivity index (χ3v) is 5.53. The zero-order chi connectivity index (χ0) is 22.2. The van der Waals surface area contributed by atoms with Crippen molar-refractivity contribution in [2.75, 3.05) is 19.0 Å². The zero-order valence-electron chi connectivity index (χ0n) is 17.7. The van der Waals surface area contributed by atoms with Gasteiger partial charge in [0.15, 0.2) is 5.60 Å². The van der Waals surface area contributed by atoms with E-state index >= 15 is 0 Å². The van der Waals surface area contributed by atoms with Crippen molar-refractivity contribution in [1.82, 2.24) is 9.97 Å². The van der Waals surface area contributed by atoms with Crippen LogP contribution in [0.25, 0.3) is 10.9 Å². The van der Waals surface area contributed by atoms with Gasteiger partial charge in [-0.1, -0.05) is 44.2 Å². The number of hydrogen-bond acceptors (Lipinski definition) is 3. The van der Waals surface area contributed by atoms with Crippen LogP contribution in [0.3, 0.4) is 0 Å². The second-order valence-corrected chi connectivity index (χ2v) is 8.77. The molecule has 2 N–H and O–H groups in total. The number of aliphatic hydroxyl groups is 1. The van der Waals surface area contributed by atoms with Crippen LogP contribution in [0, 0.1) is 5.41 Å². The van der Waals surface area contributed by atoms with E-state index in [9.17, 15) is 18.3 Å². The molecule has 1 aliphatic rings. The molecule has 3 rings (SSSR count). The van der Waals surface area contributed by atoms with Crippen LogP contribution in [0.4, 0.5) is 19.0 Å². The van der Waals surface area contributed by atoms with Crippen molar-refractivity contribution in [3.8, 4) is 0 Å². The summed E-state index contributed by atoms with van der Waals surface area (Å²) in [4.78, 5) is 9.09. The molecule has 0 spiro atoms. The Balaban J connectivity index is 1.92. The Morgan fingerprint density at radius 3 is 2.57 bits per heavy atom. The van der Waals surface area contributed by atoms with Gasteiger partial charge in [0.05, 0.1) is 11.7 Å².